The van der Waals surface area contributed by atoms with Crippen LogP contribution in [0.15, 0.2) is 96.1 Å². The van der Waals surface area contributed by atoms with Gasteiger partial charge in [-0.2, -0.15) is 0 Å². The lowest BCUT2D eigenvalue weighted by Gasteiger charge is -2.32. The number of rotatable bonds is 12. The molecule has 0 fully saturated rings. The van der Waals surface area contributed by atoms with Crippen LogP contribution >= 0.6 is 37.2 Å². The summed E-state index contributed by atoms with van der Waals surface area (Å²) in [5.74, 6) is 0.288. The summed E-state index contributed by atoms with van der Waals surface area (Å²) in [4.78, 5) is 0. The Morgan fingerprint density at radius 2 is 0.953 bits per heavy atom. The molecule has 4 rings (SSSR count). The molecular formula is C34H43Cl3N6. The maximum Gasteiger partial charge on any atom is 0.122 e. The van der Waals surface area contributed by atoms with E-state index in [2.05, 4.69) is 55.5 Å². The number of hydrogen-bond acceptors (Lipinski definition) is 3. The molecule has 9 N–H and O–H groups in total. The Balaban J connectivity index is 0.00000308. The molecule has 6 nitrogen and oxygen atoms in total. The number of halogens is 3. The van der Waals surface area contributed by atoms with Gasteiger partial charge in [-0.3, -0.25) is 16.2 Å². The largest absolute Gasteiger partial charge is 0.384 e. The van der Waals surface area contributed by atoms with Gasteiger partial charge in [0, 0.05) is 16.7 Å². The number of nitrogens with two attached hydrogens (primary N) is 3. The second-order valence-electron chi connectivity index (χ2n) is 11.2. The first-order chi connectivity index (χ1) is 19.1. The SMILES string of the molecule is CC1(CCc2ccc(C(=N)N)cc2)C=C(CCc2ccc(C(=N)N)cc2)C=C(CCc2ccc(C(=N)N)cc2)C1.Cl.Cl.Cl. The summed E-state index contributed by atoms with van der Waals surface area (Å²) in [6.07, 6.45) is 11.7. The average Bonchev–Trinajstić information content (AvgIpc) is 2.94. The molecule has 230 valence electrons. The van der Waals surface area contributed by atoms with E-state index in [0.717, 1.165) is 61.6 Å². The van der Waals surface area contributed by atoms with E-state index in [0.29, 0.717) is 0 Å². The van der Waals surface area contributed by atoms with Crippen LogP contribution in [0.3, 0.4) is 0 Å². The molecule has 1 aliphatic rings. The molecule has 0 saturated heterocycles. The van der Waals surface area contributed by atoms with Gasteiger partial charge in [0.1, 0.15) is 17.5 Å². The Morgan fingerprint density at radius 3 is 1.35 bits per heavy atom. The van der Waals surface area contributed by atoms with Gasteiger partial charge in [0.15, 0.2) is 0 Å². The van der Waals surface area contributed by atoms with E-state index in [4.69, 9.17) is 33.4 Å². The van der Waals surface area contributed by atoms with Crippen molar-refractivity contribution in [1.82, 2.24) is 0 Å². The van der Waals surface area contributed by atoms with Crippen LogP contribution < -0.4 is 17.2 Å². The highest BCUT2D eigenvalue weighted by atomic mass is 35.5. The fourth-order valence-corrected chi connectivity index (χ4v) is 5.41. The van der Waals surface area contributed by atoms with Crippen LogP contribution in [0, 0.1) is 21.6 Å². The highest BCUT2D eigenvalue weighted by Crippen LogP contribution is 2.40. The Labute approximate surface area is 274 Å². The average molecular weight is 642 g/mol. The fourth-order valence-electron chi connectivity index (χ4n) is 5.41. The zero-order valence-electron chi connectivity index (χ0n) is 24.5. The molecule has 1 aliphatic carbocycles. The van der Waals surface area contributed by atoms with Crippen LogP contribution in [-0.2, 0) is 19.3 Å². The lowest BCUT2D eigenvalue weighted by molar-refractivity contribution is 0.375. The Hall–Kier alpha value is -3.58. The minimum Gasteiger partial charge on any atom is -0.384 e. The number of nitrogens with one attached hydrogen (secondary N) is 3. The van der Waals surface area contributed by atoms with Crippen molar-refractivity contribution in [3.05, 3.63) is 129 Å². The lowest BCUT2D eigenvalue weighted by atomic mass is 9.72. The molecule has 0 radical (unpaired) electrons. The number of allylic oxidation sites excluding steroid dienone is 4. The van der Waals surface area contributed by atoms with Gasteiger partial charge in [-0.25, -0.2) is 0 Å². The van der Waals surface area contributed by atoms with Gasteiger partial charge in [-0.15, -0.1) is 37.2 Å². The molecular weight excluding hydrogens is 599 g/mol. The van der Waals surface area contributed by atoms with Gasteiger partial charge in [-0.1, -0.05) is 103 Å². The van der Waals surface area contributed by atoms with E-state index in [1.807, 2.05) is 36.4 Å². The van der Waals surface area contributed by atoms with Crippen LogP contribution in [0.5, 0.6) is 0 Å². The van der Waals surface area contributed by atoms with Crippen molar-refractivity contribution in [2.75, 3.05) is 0 Å². The molecule has 0 aliphatic heterocycles. The number of nitrogen functional groups attached to an aromatic ring is 3. The summed E-state index contributed by atoms with van der Waals surface area (Å²) in [5.41, 5.74) is 25.8. The fraction of sp³-hybridized carbons (Fsp3) is 0.265. The third kappa shape index (κ3) is 10.9. The van der Waals surface area contributed by atoms with Gasteiger partial charge in [-0.05, 0) is 67.1 Å². The van der Waals surface area contributed by atoms with Gasteiger partial charge in [0.05, 0.1) is 0 Å². The molecule has 43 heavy (non-hydrogen) atoms. The predicted molar refractivity (Wildman–Crippen MR) is 188 cm³/mol. The molecule has 9 heteroatoms. The molecule has 1 atom stereocenters. The van der Waals surface area contributed by atoms with Crippen molar-refractivity contribution in [1.29, 1.82) is 16.2 Å². The number of hydrogen-bond donors (Lipinski definition) is 6. The standard InChI is InChI=1S/C34H40N6.3ClH/c1-34(19-18-25-10-16-30(17-11-25)33(39)40)21-26(4-2-23-6-12-28(13-7-23)31(35)36)20-27(22-34)5-3-24-8-14-29(15-9-24)32(37)38;;;/h6-17,20-21H,2-5,18-19,22H2,1H3,(H3,35,36)(H3,37,38)(H3,39,40);3*1H. The Kier molecular flexibility index (Phi) is 14.7. The van der Waals surface area contributed by atoms with Crippen molar-refractivity contribution >= 4 is 54.7 Å². The van der Waals surface area contributed by atoms with E-state index in [1.54, 1.807) is 0 Å². The molecule has 0 aromatic heterocycles. The summed E-state index contributed by atoms with van der Waals surface area (Å²) < 4.78 is 0. The first kappa shape index (κ1) is 37.4. The topological polar surface area (TPSA) is 150 Å². The molecule has 0 saturated carbocycles. The lowest BCUT2D eigenvalue weighted by Crippen LogP contribution is -2.20. The van der Waals surface area contributed by atoms with Crippen LogP contribution in [0.1, 0.15) is 66.0 Å². The number of amidine groups is 3. The number of benzene rings is 3. The summed E-state index contributed by atoms with van der Waals surface area (Å²) in [5, 5.41) is 22.9. The molecule has 0 bridgehead atoms. The van der Waals surface area contributed by atoms with Crippen LogP contribution in [0.25, 0.3) is 0 Å². The normalized spacial score (nSPS) is 15.5. The third-order valence-electron chi connectivity index (χ3n) is 7.77. The van der Waals surface area contributed by atoms with Gasteiger partial charge >= 0.3 is 0 Å². The zero-order valence-corrected chi connectivity index (χ0v) is 26.9. The first-order valence-corrected chi connectivity index (χ1v) is 13.8. The van der Waals surface area contributed by atoms with Crippen LogP contribution in [0.2, 0.25) is 0 Å². The van der Waals surface area contributed by atoms with Gasteiger partial charge in [0.2, 0.25) is 0 Å². The minimum absolute atomic E-state index is 0. The molecule has 3 aromatic rings. The Bertz CT molecular complexity index is 1440. The zero-order chi connectivity index (χ0) is 28.7. The highest BCUT2D eigenvalue weighted by molar-refractivity contribution is 5.95. The minimum atomic E-state index is 0. The van der Waals surface area contributed by atoms with Gasteiger partial charge < -0.3 is 17.2 Å². The molecule has 0 spiro atoms. The quantitative estimate of drug-likeness (QED) is 0.0912. The van der Waals surface area contributed by atoms with Crippen molar-refractivity contribution in [3.8, 4) is 0 Å². The number of aryl methyl sites for hydroxylation is 3. The predicted octanol–water partition coefficient (Wildman–Crippen LogP) is 7.27. The van der Waals surface area contributed by atoms with Gasteiger partial charge in [0.25, 0.3) is 0 Å². The van der Waals surface area contributed by atoms with E-state index >= 15 is 0 Å². The first-order valence-electron chi connectivity index (χ1n) is 13.8. The van der Waals surface area contributed by atoms with Crippen molar-refractivity contribution < 1.29 is 0 Å². The van der Waals surface area contributed by atoms with E-state index in [1.165, 1.54) is 27.8 Å². The second kappa shape index (κ2) is 16.9. The summed E-state index contributed by atoms with van der Waals surface area (Å²) in [6, 6.07) is 24.0. The molecule has 0 heterocycles. The molecule has 3 aromatic carbocycles. The second-order valence-corrected chi connectivity index (χ2v) is 11.2. The molecule has 1 unspecified atom stereocenters. The third-order valence-corrected chi connectivity index (χ3v) is 7.77. The molecule has 0 amide bonds. The summed E-state index contributed by atoms with van der Waals surface area (Å²) >= 11 is 0. The maximum absolute atomic E-state index is 7.64. The van der Waals surface area contributed by atoms with Crippen molar-refractivity contribution in [2.45, 2.75) is 51.9 Å². The monoisotopic (exact) mass is 640 g/mol. The van der Waals surface area contributed by atoms with E-state index in [-0.39, 0.29) is 60.1 Å². The summed E-state index contributed by atoms with van der Waals surface area (Å²) in [6.45, 7) is 2.37. The Morgan fingerprint density at radius 1 is 0.581 bits per heavy atom. The highest BCUT2D eigenvalue weighted by Gasteiger charge is 2.27. The van der Waals surface area contributed by atoms with Crippen molar-refractivity contribution in [2.24, 2.45) is 22.6 Å². The summed E-state index contributed by atoms with van der Waals surface area (Å²) in [7, 11) is 0. The van der Waals surface area contributed by atoms with Crippen LogP contribution in [-0.4, -0.2) is 17.5 Å². The van der Waals surface area contributed by atoms with Crippen molar-refractivity contribution in [3.63, 3.8) is 0 Å². The smallest absolute Gasteiger partial charge is 0.122 e. The maximum atomic E-state index is 7.64. The van der Waals surface area contributed by atoms with Crippen LogP contribution in [0.4, 0.5) is 0 Å². The van der Waals surface area contributed by atoms with E-state index < -0.39 is 0 Å². The van der Waals surface area contributed by atoms with E-state index in [9.17, 15) is 0 Å².